The van der Waals surface area contributed by atoms with Crippen LogP contribution < -0.4 is 5.56 Å². The van der Waals surface area contributed by atoms with Crippen LogP contribution in [0, 0.1) is 5.92 Å². The Morgan fingerprint density at radius 2 is 1.79 bits per heavy atom. The van der Waals surface area contributed by atoms with Crippen LogP contribution in [0.15, 0.2) is 4.79 Å². The monoisotopic (exact) mass is 488 g/mol. The van der Waals surface area contributed by atoms with E-state index in [1.165, 1.54) is 10.4 Å². The van der Waals surface area contributed by atoms with E-state index in [1.54, 1.807) is 23.1 Å². The molecule has 3 aliphatic rings. The Morgan fingerprint density at radius 1 is 1.03 bits per heavy atom. The number of piperidine rings is 1. The molecule has 178 valence electrons. The Bertz CT molecular complexity index is 1080. The van der Waals surface area contributed by atoms with E-state index in [0.717, 1.165) is 87.1 Å². The van der Waals surface area contributed by atoms with Gasteiger partial charge < -0.3 is 14.8 Å². The Balaban J connectivity index is 1.04. The van der Waals surface area contributed by atoms with Gasteiger partial charge >= 0.3 is 0 Å². The van der Waals surface area contributed by atoms with E-state index in [1.807, 2.05) is 9.80 Å². The highest BCUT2D eigenvalue weighted by atomic mass is 32.2. The zero-order valence-corrected chi connectivity index (χ0v) is 20.7. The summed E-state index contributed by atoms with van der Waals surface area (Å²) in [6.07, 6.45) is 8.44. The predicted octanol–water partition coefficient (Wildman–Crippen LogP) is 3.35. The minimum Gasteiger partial charge on any atom is -0.343 e. The number of hydrogen-bond acceptors (Lipinski definition) is 6. The molecular weight excluding hydrogens is 456 g/mol. The molecule has 0 bridgehead atoms. The average molecular weight is 489 g/mol. The number of likely N-dealkylation sites (tertiary alicyclic amines) is 2. The van der Waals surface area contributed by atoms with Crippen molar-refractivity contribution in [3.8, 4) is 0 Å². The van der Waals surface area contributed by atoms with Crippen LogP contribution in [0.1, 0.15) is 61.2 Å². The molecule has 1 N–H and O–H groups in total. The zero-order chi connectivity index (χ0) is 22.8. The number of aromatic amines is 1. The van der Waals surface area contributed by atoms with Crippen LogP contribution in [0.25, 0.3) is 10.2 Å². The first-order valence-corrected chi connectivity index (χ1v) is 14.2. The quantitative estimate of drug-likeness (QED) is 0.604. The number of carbonyl (C=O) groups is 2. The molecule has 0 spiro atoms. The Morgan fingerprint density at radius 3 is 2.58 bits per heavy atom. The second kappa shape index (κ2) is 10.2. The lowest BCUT2D eigenvalue weighted by molar-refractivity contribution is -0.133. The van der Waals surface area contributed by atoms with Gasteiger partial charge in [-0.15, -0.1) is 11.3 Å². The van der Waals surface area contributed by atoms with Gasteiger partial charge in [0.2, 0.25) is 11.8 Å². The first kappa shape index (κ1) is 22.9. The van der Waals surface area contributed by atoms with Gasteiger partial charge in [-0.3, -0.25) is 14.4 Å². The lowest BCUT2D eigenvalue weighted by atomic mass is 9.93. The molecule has 5 rings (SSSR count). The van der Waals surface area contributed by atoms with E-state index in [2.05, 4.69) is 9.97 Å². The van der Waals surface area contributed by atoms with Crippen LogP contribution in [0.2, 0.25) is 0 Å². The number of thiophene rings is 1. The van der Waals surface area contributed by atoms with Crippen LogP contribution in [0.4, 0.5) is 0 Å². The van der Waals surface area contributed by atoms with Crippen molar-refractivity contribution in [1.29, 1.82) is 0 Å². The fourth-order valence-corrected chi connectivity index (χ4v) is 7.40. The van der Waals surface area contributed by atoms with Crippen molar-refractivity contribution in [1.82, 2.24) is 19.8 Å². The van der Waals surface area contributed by atoms with E-state index >= 15 is 0 Å². The molecule has 0 aromatic carbocycles. The fraction of sp³-hybridized carbons (Fsp3) is 0.667. The third-order valence-electron chi connectivity index (χ3n) is 7.21. The standard InChI is InChI=1S/C24H32N4O3S2/c29-20(28-11-6-16(7-12-28)14-21(30)27-9-1-2-10-27)8-13-32-15-19-25-23(31)22-17-4-3-5-18(17)33-24(22)26-19/h16H,1-15H2,(H,25,26,31). The highest BCUT2D eigenvalue weighted by Gasteiger charge is 2.27. The minimum absolute atomic E-state index is 0.0165. The van der Waals surface area contributed by atoms with Gasteiger partial charge in [0.05, 0.1) is 11.1 Å². The third-order valence-corrected chi connectivity index (χ3v) is 9.37. The van der Waals surface area contributed by atoms with Crippen molar-refractivity contribution >= 4 is 45.1 Å². The largest absolute Gasteiger partial charge is 0.343 e. The first-order chi connectivity index (χ1) is 16.1. The number of rotatable bonds is 7. The second-order valence-corrected chi connectivity index (χ2v) is 11.7. The number of hydrogen-bond donors (Lipinski definition) is 1. The molecule has 4 heterocycles. The molecule has 0 atom stereocenters. The Kier molecular flexibility index (Phi) is 7.06. The molecule has 0 radical (unpaired) electrons. The van der Waals surface area contributed by atoms with Crippen molar-refractivity contribution in [3.63, 3.8) is 0 Å². The number of aryl methyl sites for hydroxylation is 2. The van der Waals surface area contributed by atoms with Gasteiger partial charge in [-0.1, -0.05) is 0 Å². The maximum Gasteiger partial charge on any atom is 0.259 e. The molecule has 2 aliphatic heterocycles. The van der Waals surface area contributed by atoms with Gasteiger partial charge in [0, 0.05) is 49.7 Å². The van der Waals surface area contributed by atoms with Crippen LogP contribution >= 0.6 is 23.1 Å². The summed E-state index contributed by atoms with van der Waals surface area (Å²) < 4.78 is 0. The van der Waals surface area contributed by atoms with Gasteiger partial charge in [-0.25, -0.2) is 4.98 Å². The van der Waals surface area contributed by atoms with Crippen molar-refractivity contribution in [2.45, 2.75) is 63.5 Å². The highest BCUT2D eigenvalue weighted by molar-refractivity contribution is 7.98. The molecule has 33 heavy (non-hydrogen) atoms. The number of fused-ring (bicyclic) bond motifs is 3. The summed E-state index contributed by atoms with van der Waals surface area (Å²) in [5.41, 5.74) is 1.19. The van der Waals surface area contributed by atoms with Crippen molar-refractivity contribution in [2.24, 2.45) is 5.92 Å². The highest BCUT2D eigenvalue weighted by Crippen LogP contribution is 2.34. The summed E-state index contributed by atoms with van der Waals surface area (Å²) in [5, 5.41) is 0.793. The number of carbonyl (C=O) groups excluding carboxylic acids is 2. The molecule has 7 nitrogen and oxygen atoms in total. The summed E-state index contributed by atoms with van der Waals surface area (Å²) in [7, 11) is 0. The van der Waals surface area contributed by atoms with Crippen molar-refractivity contribution in [3.05, 3.63) is 26.6 Å². The molecule has 2 aromatic heterocycles. The topological polar surface area (TPSA) is 86.4 Å². The van der Waals surface area contributed by atoms with Gasteiger partial charge in [-0.2, -0.15) is 11.8 Å². The van der Waals surface area contributed by atoms with Crippen molar-refractivity contribution < 1.29 is 9.59 Å². The first-order valence-electron chi connectivity index (χ1n) is 12.2. The van der Waals surface area contributed by atoms with Gasteiger partial charge in [0.25, 0.3) is 5.56 Å². The second-order valence-electron chi connectivity index (χ2n) is 9.47. The maximum absolute atomic E-state index is 12.6. The lowest BCUT2D eigenvalue weighted by Crippen LogP contribution is -2.40. The molecule has 2 aromatic rings. The molecular formula is C24H32N4O3S2. The van der Waals surface area contributed by atoms with E-state index in [-0.39, 0.29) is 11.5 Å². The number of aromatic nitrogens is 2. The number of H-pyrrole nitrogens is 1. The molecule has 1 aliphatic carbocycles. The SMILES string of the molecule is O=C(CCSCc1nc2sc3c(c2c(=O)[nH]1)CCC3)N1CCC(CC(=O)N2CCCC2)CC1. The molecule has 2 amide bonds. The normalized spacial score (nSPS) is 18.9. The summed E-state index contributed by atoms with van der Waals surface area (Å²) in [4.78, 5) is 51.3. The number of amides is 2. The van der Waals surface area contributed by atoms with Gasteiger partial charge in [0.15, 0.2) is 0 Å². The zero-order valence-electron chi connectivity index (χ0n) is 19.1. The summed E-state index contributed by atoms with van der Waals surface area (Å²) in [5.74, 6) is 2.93. The van der Waals surface area contributed by atoms with E-state index < -0.39 is 0 Å². The predicted molar refractivity (Wildman–Crippen MR) is 133 cm³/mol. The smallest absolute Gasteiger partial charge is 0.259 e. The van der Waals surface area contributed by atoms with Crippen LogP contribution in [0.5, 0.6) is 0 Å². The number of thioether (sulfide) groups is 1. The summed E-state index contributed by atoms with van der Waals surface area (Å²) in [6.45, 7) is 3.35. The fourth-order valence-electron chi connectivity index (χ4n) is 5.33. The maximum atomic E-state index is 12.6. The number of nitrogens with one attached hydrogen (secondary N) is 1. The van der Waals surface area contributed by atoms with Crippen LogP contribution in [0.3, 0.4) is 0 Å². The van der Waals surface area contributed by atoms with E-state index in [9.17, 15) is 14.4 Å². The molecule has 0 saturated carbocycles. The summed E-state index contributed by atoms with van der Waals surface area (Å²) in [6, 6.07) is 0. The van der Waals surface area contributed by atoms with Gasteiger partial charge in [0.1, 0.15) is 10.7 Å². The summed E-state index contributed by atoms with van der Waals surface area (Å²) >= 11 is 3.31. The van der Waals surface area contributed by atoms with E-state index in [0.29, 0.717) is 36.2 Å². The molecule has 0 unspecified atom stereocenters. The van der Waals surface area contributed by atoms with Gasteiger partial charge in [-0.05, 0) is 56.4 Å². The number of nitrogens with zero attached hydrogens (tertiary/aromatic N) is 3. The lowest BCUT2D eigenvalue weighted by Gasteiger charge is -2.32. The van der Waals surface area contributed by atoms with Crippen molar-refractivity contribution in [2.75, 3.05) is 31.9 Å². The molecule has 2 fully saturated rings. The van der Waals surface area contributed by atoms with Crippen LogP contribution in [-0.2, 0) is 28.2 Å². The minimum atomic E-state index is -0.0165. The van der Waals surface area contributed by atoms with Crippen LogP contribution in [-0.4, -0.2) is 63.5 Å². The average Bonchev–Trinajstić information content (AvgIpc) is 3.54. The molecule has 2 saturated heterocycles. The Labute approximate surface area is 202 Å². The van der Waals surface area contributed by atoms with E-state index in [4.69, 9.17) is 0 Å². The molecule has 9 heteroatoms. The third kappa shape index (κ3) is 5.14. The Hall–Kier alpha value is -1.87.